The van der Waals surface area contributed by atoms with E-state index in [1.54, 1.807) is 0 Å². The zero-order valence-electron chi connectivity index (χ0n) is 17.7. The Morgan fingerprint density at radius 3 is 1.00 bits per heavy atom. The molecule has 0 saturated carbocycles. The number of hydrogen-bond acceptors (Lipinski definition) is 0. The van der Waals surface area contributed by atoms with Crippen LogP contribution in [0.3, 0.4) is 0 Å². The van der Waals surface area contributed by atoms with Gasteiger partial charge in [-0.25, -0.2) is 0 Å². The fourth-order valence-corrected chi connectivity index (χ4v) is 3.60. The summed E-state index contributed by atoms with van der Waals surface area (Å²) in [7, 11) is 0. The van der Waals surface area contributed by atoms with E-state index in [4.69, 9.17) is 0 Å². The quantitative estimate of drug-likeness (QED) is 0.194. The number of unbranched alkanes of at least 4 members (excludes halogenated alkanes) is 17. The zero-order chi connectivity index (χ0) is 17.7. The van der Waals surface area contributed by atoms with Gasteiger partial charge in [-0.2, -0.15) is 0 Å². The van der Waals surface area contributed by atoms with Crippen LogP contribution in [0.15, 0.2) is 0 Å². The highest BCUT2D eigenvalue weighted by Crippen LogP contribution is 2.16. The molecule has 0 aromatic carbocycles. The lowest BCUT2D eigenvalue weighted by Gasteiger charge is -2.07. The maximum Gasteiger partial charge on any atom is -0.0445 e. The monoisotopic (exact) mass is 338 g/mol. The first-order chi connectivity index (χ1) is 11.8. The number of hydrogen-bond donors (Lipinski definition) is 0. The summed E-state index contributed by atoms with van der Waals surface area (Å²) in [5.74, 6) is 0.950. The second-order valence-corrected chi connectivity index (χ2v) is 8.31. The molecule has 24 heavy (non-hydrogen) atoms. The fraction of sp³-hybridized carbons (Fsp3) is 1.00. The average Bonchev–Trinajstić information content (AvgIpc) is 2.60. The highest BCUT2D eigenvalue weighted by molar-refractivity contribution is 4.53. The van der Waals surface area contributed by atoms with Crippen LogP contribution in [0.1, 0.15) is 149 Å². The highest BCUT2D eigenvalue weighted by atomic mass is 14.0. The molecule has 0 amide bonds. The van der Waals surface area contributed by atoms with Crippen molar-refractivity contribution in [2.75, 3.05) is 0 Å². The van der Waals surface area contributed by atoms with Crippen molar-refractivity contribution in [1.29, 1.82) is 0 Å². The molecular formula is C24H50. The van der Waals surface area contributed by atoms with Gasteiger partial charge in [0.1, 0.15) is 0 Å². The Labute approximate surface area is 155 Å². The summed E-state index contributed by atoms with van der Waals surface area (Å²) in [6, 6.07) is 0. The molecule has 0 aliphatic rings. The Morgan fingerprint density at radius 2 is 0.708 bits per heavy atom. The third-order valence-corrected chi connectivity index (χ3v) is 5.75. The van der Waals surface area contributed by atoms with Gasteiger partial charge in [-0.05, 0) is 5.92 Å². The largest absolute Gasteiger partial charge is 0.0654 e. The normalized spacial score (nSPS) is 12.6. The molecule has 0 aliphatic heterocycles. The summed E-state index contributed by atoms with van der Waals surface area (Å²) in [6.45, 7) is 7.02. The van der Waals surface area contributed by atoms with Crippen molar-refractivity contribution in [2.45, 2.75) is 149 Å². The Hall–Kier alpha value is 0. The first-order valence-electron chi connectivity index (χ1n) is 11.8. The smallest absolute Gasteiger partial charge is 0.0445 e. The van der Waals surface area contributed by atoms with Gasteiger partial charge < -0.3 is 0 Å². The summed E-state index contributed by atoms with van der Waals surface area (Å²) in [5.41, 5.74) is 0. The van der Waals surface area contributed by atoms with Gasteiger partial charge in [-0.1, -0.05) is 149 Å². The van der Waals surface area contributed by atoms with E-state index >= 15 is 0 Å². The minimum atomic E-state index is 0.950. The molecular weight excluding hydrogens is 288 g/mol. The van der Waals surface area contributed by atoms with E-state index in [0.29, 0.717) is 0 Å². The van der Waals surface area contributed by atoms with E-state index in [0.717, 1.165) is 5.92 Å². The minimum absolute atomic E-state index is 0.950. The second-order valence-electron chi connectivity index (χ2n) is 8.31. The lowest BCUT2D eigenvalue weighted by Crippen LogP contribution is -1.91. The summed E-state index contributed by atoms with van der Waals surface area (Å²) >= 11 is 0. The van der Waals surface area contributed by atoms with Gasteiger partial charge in [0.2, 0.25) is 0 Å². The van der Waals surface area contributed by atoms with Crippen molar-refractivity contribution in [3.8, 4) is 0 Å². The maximum atomic E-state index is 2.40. The van der Waals surface area contributed by atoms with Crippen molar-refractivity contribution < 1.29 is 0 Å². The maximum absolute atomic E-state index is 2.40. The van der Waals surface area contributed by atoms with Crippen LogP contribution in [0.25, 0.3) is 0 Å². The van der Waals surface area contributed by atoms with Crippen LogP contribution in [0.2, 0.25) is 0 Å². The molecule has 0 saturated heterocycles. The van der Waals surface area contributed by atoms with Crippen LogP contribution in [0.5, 0.6) is 0 Å². The second kappa shape index (κ2) is 21.0. The molecule has 0 unspecified atom stereocenters. The summed E-state index contributed by atoms with van der Waals surface area (Å²) in [4.78, 5) is 0. The molecule has 0 heteroatoms. The molecule has 0 rings (SSSR count). The predicted octanol–water partition coefficient (Wildman–Crippen LogP) is 9.46. The molecule has 0 N–H and O–H groups in total. The van der Waals surface area contributed by atoms with Crippen LogP contribution in [-0.2, 0) is 0 Å². The van der Waals surface area contributed by atoms with E-state index in [-0.39, 0.29) is 0 Å². The Bertz CT molecular complexity index is 208. The van der Waals surface area contributed by atoms with Gasteiger partial charge in [0, 0.05) is 0 Å². The molecule has 0 heterocycles. The SMILES string of the molecule is CCCCCCCCCCCCCCCCCCCC[C@H](C)CC. The summed E-state index contributed by atoms with van der Waals surface area (Å²) in [5, 5.41) is 0. The van der Waals surface area contributed by atoms with Crippen LogP contribution in [0.4, 0.5) is 0 Å². The van der Waals surface area contributed by atoms with Gasteiger partial charge in [0.05, 0.1) is 0 Å². The molecule has 0 aromatic rings. The van der Waals surface area contributed by atoms with E-state index in [2.05, 4.69) is 20.8 Å². The van der Waals surface area contributed by atoms with Crippen LogP contribution in [0, 0.1) is 5.92 Å². The van der Waals surface area contributed by atoms with Crippen molar-refractivity contribution in [3.05, 3.63) is 0 Å². The summed E-state index contributed by atoms with van der Waals surface area (Å²) < 4.78 is 0. The average molecular weight is 339 g/mol. The van der Waals surface area contributed by atoms with Crippen molar-refractivity contribution >= 4 is 0 Å². The molecule has 0 bridgehead atoms. The first-order valence-corrected chi connectivity index (χ1v) is 11.8. The van der Waals surface area contributed by atoms with Gasteiger partial charge in [-0.15, -0.1) is 0 Å². The Kier molecular flexibility index (Phi) is 21.0. The van der Waals surface area contributed by atoms with Gasteiger partial charge in [0.25, 0.3) is 0 Å². The third kappa shape index (κ3) is 20.0. The van der Waals surface area contributed by atoms with E-state index in [9.17, 15) is 0 Å². The molecule has 0 fully saturated rings. The molecule has 1 atom stereocenters. The molecule has 0 aliphatic carbocycles. The van der Waals surface area contributed by atoms with Crippen LogP contribution < -0.4 is 0 Å². The van der Waals surface area contributed by atoms with Gasteiger partial charge in [-0.3, -0.25) is 0 Å². The van der Waals surface area contributed by atoms with Crippen molar-refractivity contribution in [3.63, 3.8) is 0 Å². The third-order valence-electron chi connectivity index (χ3n) is 5.75. The summed E-state index contributed by atoms with van der Waals surface area (Å²) in [6.07, 6.45) is 29.4. The van der Waals surface area contributed by atoms with Crippen molar-refractivity contribution in [2.24, 2.45) is 5.92 Å². The lowest BCUT2D eigenvalue weighted by molar-refractivity contribution is 0.468. The molecule has 0 aromatic heterocycles. The molecule has 0 radical (unpaired) electrons. The number of rotatable bonds is 20. The standard InChI is InChI=1S/C24H50/c1-4-6-7-8-9-10-11-12-13-14-15-16-17-18-19-20-21-22-23-24(3)5-2/h24H,4-23H2,1-3H3/t24-/m1/s1. The predicted molar refractivity (Wildman–Crippen MR) is 113 cm³/mol. The van der Waals surface area contributed by atoms with Gasteiger partial charge in [0.15, 0.2) is 0 Å². The van der Waals surface area contributed by atoms with Crippen LogP contribution >= 0.6 is 0 Å². The fourth-order valence-electron chi connectivity index (χ4n) is 3.60. The van der Waals surface area contributed by atoms with Crippen LogP contribution in [-0.4, -0.2) is 0 Å². The minimum Gasteiger partial charge on any atom is -0.0654 e. The molecule has 146 valence electrons. The highest BCUT2D eigenvalue weighted by Gasteiger charge is 1.98. The van der Waals surface area contributed by atoms with E-state index in [1.165, 1.54) is 128 Å². The van der Waals surface area contributed by atoms with E-state index < -0.39 is 0 Å². The molecule has 0 spiro atoms. The zero-order valence-corrected chi connectivity index (χ0v) is 17.7. The topological polar surface area (TPSA) is 0 Å². The molecule has 0 nitrogen and oxygen atoms in total. The lowest BCUT2D eigenvalue weighted by atomic mass is 9.99. The van der Waals surface area contributed by atoms with Gasteiger partial charge >= 0.3 is 0 Å². The first kappa shape index (κ1) is 24.0. The van der Waals surface area contributed by atoms with Crippen molar-refractivity contribution in [1.82, 2.24) is 0 Å². The Balaban J connectivity index is 2.98. The van der Waals surface area contributed by atoms with E-state index in [1.807, 2.05) is 0 Å². The Morgan fingerprint density at radius 1 is 0.417 bits per heavy atom.